The van der Waals surface area contributed by atoms with Crippen LogP contribution in [-0.2, 0) is 4.74 Å². The summed E-state index contributed by atoms with van der Waals surface area (Å²) in [5.74, 6) is 0.395. The van der Waals surface area contributed by atoms with Gasteiger partial charge in [0.25, 0.3) is 5.56 Å². The Bertz CT molecular complexity index is 786. The maximum absolute atomic E-state index is 12.0. The highest BCUT2D eigenvalue weighted by molar-refractivity contribution is 14.1. The summed E-state index contributed by atoms with van der Waals surface area (Å²) in [6, 6.07) is 0. The first-order valence-electron chi connectivity index (χ1n) is 6.58. The maximum atomic E-state index is 12.0. The van der Waals surface area contributed by atoms with E-state index in [-0.39, 0.29) is 11.2 Å². The van der Waals surface area contributed by atoms with Crippen molar-refractivity contribution in [3.05, 3.63) is 20.0 Å². The lowest BCUT2D eigenvalue weighted by Gasteiger charge is -2.27. The first-order valence-corrected chi connectivity index (χ1v) is 7.66. The van der Waals surface area contributed by atoms with Crippen LogP contribution in [0.3, 0.4) is 0 Å². The number of rotatable bonds is 2. The van der Waals surface area contributed by atoms with Gasteiger partial charge in [0.2, 0.25) is 0 Å². The van der Waals surface area contributed by atoms with Crippen LogP contribution in [-0.4, -0.2) is 59.3 Å². The van der Waals surface area contributed by atoms with Crippen molar-refractivity contribution in [3.8, 4) is 0 Å². The van der Waals surface area contributed by atoms with Crippen molar-refractivity contribution in [1.82, 2.24) is 19.5 Å². The number of H-pyrrole nitrogens is 1. The molecule has 1 aliphatic rings. The molecule has 0 aromatic carbocycles. The lowest BCUT2D eigenvalue weighted by molar-refractivity contribution is -0.0961. The normalized spacial score (nSPS) is 32.0. The van der Waals surface area contributed by atoms with Crippen molar-refractivity contribution in [2.75, 3.05) is 6.61 Å². The Kier molecular flexibility index (Phi) is 3.76. The molecule has 3 heterocycles. The van der Waals surface area contributed by atoms with E-state index in [1.54, 1.807) is 6.92 Å². The molecule has 120 valence electrons. The van der Waals surface area contributed by atoms with Crippen molar-refractivity contribution < 1.29 is 20.1 Å². The third-order valence-electron chi connectivity index (χ3n) is 3.80. The highest BCUT2D eigenvalue weighted by atomic mass is 127. The summed E-state index contributed by atoms with van der Waals surface area (Å²) in [6.07, 6.45) is -3.24. The van der Waals surface area contributed by atoms with Crippen LogP contribution < -0.4 is 5.56 Å². The second-order valence-corrected chi connectivity index (χ2v) is 6.42. The number of ether oxygens (including phenoxy) is 1. The summed E-state index contributed by atoms with van der Waals surface area (Å²) < 4.78 is 7.40. The fourth-order valence-corrected chi connectivity index (χ4v) is 3.36. The van der Waals surface area contributed by atoms with E-state index in [1.165, 1.54) is 11.5 Å². The molecule has 2 aromatic rings. The van der Waals surface area contributed by atoms with Crippen LogP contribution in [0, 0.1) is 10.8 Å². The van der Waals surface area contributed by atoms with E-state index in [1.807, 2.05) is 22.6 Å². The van der Waals surface area contributed by atoms with Gasteiger partial charge in [0, 0.05) is 22.6 Å². The summed E-state index contributed by atoms with van der Waals surface area (Å²) in [7, 11) is 0. The van der Waals surface area contributed by atoms with Crippen LogP contribution >= 0.6 is 22.6 Å². The largest absolute Gasteiger partial charge is 0.394 e. The van der Waals surface area contributed by atoms with Gasteiger partial charge in [-0.3, -0.25) is 9.36 Å². The highest BCUT2D eigenvalue weighted by Gasteiger charge is 2.53. The maximum Gasteiger partial charge on any atom is 0.279 e. The van der Waals surface area contributed by atoms with Crippen molar-refractivity contribution in [2.24, 2.45) is 0 Å². The average molecular weight is 422 g/mol. The van der Waals surface area contributed by atoms with Gasteiger partial charge in [0.15, 0.2) is 21.2 Å². The molecule has 1 fully saturated rings. The van der Waals surface area contributed by atoms with Gasteiger partial charge in [-0.15, -0.1) is 0 Å². The molecule has 0 aliphatic carbocycles. The van der Waals surface area contributed by atoms with Gasteiger partial charge in [-0.1, -0.05) is 0 Å². The Balaban J connectivity index is 2.22. The van der Waals surface area contributed by atoms with Gasteiger partial charge in [-0.05, 0) is 13.8 Å². The molecule has 0 radical (unpaired) electrons. The number of aromatic nitrogens is 4. The molecule has 4 N–H and O–H groups in total. The smallest absolute Gasteiger partial charge is 0.279 e. The molecule has 22 heavy (non-hydrogen) atoms. The fourth-order valence-electron chi connectivity index (χ4n) is 2.64. The Hall–Kier alpha value is -1.08. The Morgan fingerprint density at radius 3 is 2.77 bits per heavy atom. The number of aromatic amines is 1. The molecule has 3 rings (SSSR count). The van der Waals surface area contributed by atoms with E-state index in [0.29, 0.717) is 9.66 Å². The van der Waals surface area contributed by atoms with Gasteiger partial charge < -0.3 is 25.0 Å². The van der Waals surface area contributed by atoms with E-state index < -0.39 is 36.2 Å². The molecule has 0 spiro atoms. The lowest BCUT2D eigenvalue weighted by Crippen LogP contribution is -2.44. The average Bonchev–Trinajstić information content (AvgIpc) is 2.86. The summed E-state index contributed by atoms with van der Waals surface area (Å²) >= 11 is 1.90. The zero-order valence-electron chi connectivity index (χ0n) is 11.8. The molecule has 1 aliphatic heterocycles. The monoisotopic (exact) mass is 422 g/mol. The summed E-state index contributed by atoms with van der Waals surface area (Å²) in [5.41, 5.74) is -1.69. The molecular weight excluding hydrogens is 407 g/mol. The zero-order valence-corrected chi connectivity index (χ0v) is 14.0. The number of fused-ring (bicyclic) bond motifs is 1. The third-order valence-corrected chi connectivity index (χ3v) is 4.56. The Labute approximate surface area is 138 Å². The van der Waals surface area contributed by atoms with E-state index in [0.717, 1.165) is 0 Å². The molecule has 0 bridgehead atoms. The summed E-state index contributed by atoms with van der Waals surface area (Å²) in [6.45, 7) is 2.59. The van der Waals surface area contributed by atoms with E-state index in [4.69, 9.17) is 4.74 Å². The van der Waals surface area contributed by atoms with Crippen LogP contribution in [0.5, 0.6) is 0 Å². The Morgan fingerprint density at radius 1 is 1.50 bits per heavy atom. The molecular formula is C12H15IN4O5. The third kappa shape index (κ3) is 2.17. The second kappa shape index (κ2) is 5.23. The summed E-state index contributed by atoms with van der Waals surface area (Å²) in [4.78, 5) is 22.9. The van der Waals surface area contributed by atoms with Gasteiger partial charge in [0.05, 0.1) is 6.61 Å². The van der Waals surface area contributed by atoms with Gasteiger partial charge in [0.1, 0.15) is 23.6 Å². The lowest BCUT2D eigenvalue weighted by atomic mass is 9.96. The number of nitrogens with zero attached hydrogens (tertiary/aromatic N) is 3. The minimum absolute atomic E-state index is 0.122. The van der Waals surface area contributed by atoms with Crippen LogP contribution in [0.25, 0.3) is 11.2 Å². The number of halogens is 1. The second-order valence-electron chi connectivity index (χ2n) is 5.45. The molecule has 1 saturated heterocycles. The highest BCUT2D eigenvalue weighted by Crippen LogP contribution is 2.40. The molecule has 0 saturated carbocycles. The van der Waals surface area contributed by atoms with Crippen molar-refractivity contribution >= 4 is 33.8 Å². The number of imidazole rings is 1. The number of hydrogen-bond acceptors (Lipinski definition) is 7. The number of nitrogens with one attached hydrogen (secondary N) is 1. The molecule has 0 amide bonds. The van der Waals surface area contributed by atoms with Crippen molar-refractivity contribution in [3.63, 3.8) is 0 Å². The van der Waals surface area contributed by atoms with Gasteiger partial charge in [-0.25, -0.2) is 9.97 Å². The standard InChI is InChI=1S/C12H15IN4O5/c1-4-14-8-6(9(20)15-4)16-11(13)17(8)10-12(2,21)7(19)5(3-18)22-10/h5,7,10,18-19,21H,3H2,1-2H3,(H,14,15,20)/t5-,7-,10?,12-/m1/s1. The van der Waals surface area contributed by atoms with Crippen LogP contribution in [0.4, 0.5) is 0 Å². The van der Waals surface area contributed by atoms with Crippen LogP contribution in [0.2, 0.25) is 0 Å². The summed E-state index contributed by atoms with van der Waals surface area (Å²) in [5, 5.41) is 29.9. The number of aryl methyl sites for hydroxylation is 1. The molecule has 1 unspecified atom stereocenters. The van der Waals surface area contributed by atoms with E-state index in [2.05, 4.69) is 15.0 Å². The number of aliphatic hydroxyl groups is 3. The van der Waals surface area contributed by atoms with Gasteiger partial charge in [-0.2, -0.15) is 0 Å². The molecule has 4 atom stereocenters. The predicted octanol–water partition coefficient (Wildman–Crippen LogP) is -0.966. The predicted molar refractivity (Wildman–Crippen MR) is 83.2 cm³/mol. The first kappa shape index (κ1) is 15.8. The van der Waals surface area contributed by atoms with Crippen molar-refractivity contribution in [1.29, 1.82) is 0 Å². The quantitative estimate of drug-likeness (QED) is 0.362. The minimum atomic E-state index is -1.67. The topological polar surface area (TPSA) is 133 Å². The van der Waals surface area contributed by atoms with E-state index >= 15 is 0 Å². The van der Waals surface area contributed by atoms with Crippen molar-refractivity contribution in [2.45, 2.75) is 37.9 Å². The Morgan fingerprint density at radius 2 is 2.18 bits per heavy atom. The minimum Gasteiger partial charge on any atom is -0.394 e. The number of aliphatic hydroxyl groups excluding tert-OH is 2. The molecule has 10 heteroatoms. The number of hydrogen-bond donors (Lipinski definition) is 4. The SMILES string of the molecule is Cc1nc2c(nc(I)n2C2O[C@H](CO)[C@@H](O)[C@@]2(C)O)c(=O)[nH]1. The van der Waals surface area contributed by atoms with E-state index in [9.17, 15) is 20.1 Å². The van der Waals surface area contributed by atoms with Gasteiger partial charge >= 0.3 is 0 Å². The first-order chi connectivity index (χ1) is 10.3. The van der Waals surface area contributed by atoms with Crippen LogP contribution in [0.1, 0.15) is 19.0 Å². The van der Waals surface area contributed by atoms with Crippen LogP contribution in [0.15, 0.2) is 4.79 Å². The fraction of sp³-hybridized carbons (Fsp3) is 0.583. The molecule has 2 aromatic heterocycles. The zero-order chi connectivity index (χ0) is 16.2. The molecule has 9 nitrogen and oxygen atoms in total.